The van der Waals surface area contributed by atoms with Gasteiger partial charge >= 0.3 is 8.32 Å². The molecule has 6 rings (SSSR count). The fourth-order valence-electron chi connectivity index (χ4n) is 5.49. The van der Waals surface area contributed by atoms with Crippen LogP contribution in [0.2, 0.25) is 5.04 Å². The summed E-state index contributed by atoms with van der Waals surface area (Å²) in [6, 6.07) is 45.7. The van der Waals surface area contributed by atoms with Crippen molar-refractivity contribution in [3.63, 3.8) is 0 Å². The van der Waals surface area contributed by atoms with Gasteiger partial charge in [-0.15, -0.1) is 0 Å². The van der Waals surface area contributed by atoms with Gasteiger partial charge in [0.15, 0.2) is 0 Å². The second kappa shape index (κ2) is 8.65. The molecular weight excluding hydrogens is 452 g/mol. The Labute approximate surface area is 214 Å². The van der Waals surface area contributed by atoms with E-state index in [2.05, 4.69) is 148 Å². The van der Waals surface area contributed by atoms with Crippen LogP contribution in [0.25, 0.3) is 22.1 Å². The van der Waals surface area contributed by atoms with E-state index in [0.717, 1.165) is 11.3 Å². The quantitative estimate of drug-likeness (QED) is 0.181. The van der Waals surface area contributed by atoms with Gasteiger partial charge in [-0.2, -0.15) is 0 Å². The highest BCUT2D eigenvalue weighted by Crippen LogP contribution is 2.51. The molecule has 0 radical (unpaired) electrons. The van der Waals surface area contributed by atoms with Crippen LogP contribution in [0.4, 0.5) is 0 Å². The van der Waals surface area contributed by atoms with Gasteiger partial charge in [0.2, 0.25) is 0 Å². The molecule has 0 aromatic heterocycles. The van der Waals surface area contributed by atoms with E-state index in [0.29, 0.717) is 0 Å². The highest BCUT2D eigenvalue weighted by Gasteiger charge is 2.53. The van der Waals surface area contributed by atoms with Crippen LogP contribution in [-0.4, -0.2) is 8.32 Å². The van der Waals surface area contributed by atoms with E-state index in [9.17, 15) is 0 Å². The number of hydrogen-bond donors (Lipinski definition) is 0. The van der Waals surface area contributed by atoms with Gasteiger partial charge < -0.3 is 4.43 Å². The number of hydrogen-bond acceptors (Lipinski definition) is 1. The summed E-state index contributed by atoms with van der Waals surface area (Å²) in [6.45, 7) is 7.00. The maximum atomic E-state index is 7.61. The molecule has 0 fully saturated rings. The Kier molecular flexibility index (Phi) is 5.42. The van der Waals surface area contributed by atoms with Crippen molar-refractivity contribution >= 4 is 40.8 Å². The van der Waals surface area contributed by atoms with Crippen molar-refractivity contribution in [2.45, 2.75) is 25.8 Å². The van der Waals surface area contributed by atoms with Gasteiger partial charge in [0.05, 0.1) is 0 Å². The summed E-state index contributed by atoms with van der Waals surface area (Å²) in [5, 5.41) is 5.00. The lowest BCUT2D eigenvalue weighted by atomic mass is 10.1. The normalized spacial score (nSPS) is 12.8. The maximum absolute atomic E-state index is 7.61. The number of rotatable bonds is 5. The first-order valence-corrected chi connectivity index (χ1v) is 14.5. The lowest BCUT2D eigenvalue weighted by Gasteiger charge is -2.43. The van der Waals surface area contributed by atoms with Crippen LogP contribution in [0.5, 0.6) is 0 Å². The van der Waals surface area contributed by atoms with E-state index in [1.54, 1.807) is 0 Å². The van der Waals surface area contributed by atoms with Crippen molar-refractivity contribution in [2.75, 3.05) is 0 Å². The Morgan fingerprint density at radius 3 is 1.42 bits per heavy atom. The third-order valence-corrected chi connectivity index (χ3v) is 12.2. The second-order valence-electron chi connectivity index (χ2n) is 10.6. The maximum Gasteiger partial charge on any atom is 0.320 e. The molecule has 0 saturated carbocycles. The zero-order valence-electron chi connectivity index (χ0n) is 21.0. The highest BCUT2D eigenvalue weighted by atomic mass is 28.4. The smallest absolute Gasteiger partial charge is 0.320 e. The van der Waals surface area contributed by atoms with Gasteiger partial charge in [0.25, 0.3) is 0 Å². The van der Waals surface area contributed by atoms with Gasteiger partial charge in [0.1, 0.15) is 5.76 Å². The first kappa shape index (κ1) is 22.6. The fraction of sp³-hybridized carbons (Fsp3) is 0.118. The van der Waals surface area contributed by atoms with E-state index < -0.39 is 8.32 Å². The fourth-order valence-corrected chi connectivity index (χ4v) is 9.95. The van der Waals surface area contributed by atoms with Crippen LogP contribution < -0.4 is 10.4 Å². The van der Waals surface area contributed by atoms with E-state index in [1.165, 1.54) is 37.8 Å². The van der Waals surface area contributed by atoms with Gasteiger partial charge in [-0.05, 0) is 49.4 Å². The van der Waals surface area contributed by atoms with E-state index in [1.807, 2.05) is 0 Å². The van der Waals surface area contributed by atoms with Crippen LogP contribution in [-0.2, 0) is 4.43 Å². The molecule has 0 unspecified atom stereocenters. The number of benzene rings is 5. The number of fused-ring (bicyclic) bond motifs is 2. The van der Waals surface area contributed by atoms with E-state index >= 15 is 0 Å². The second-order valence-corrected chi connectivity index (χ2v) is 14.8. The molecule has 0 heterocycles. The van der Waals surface area contributed by atoms with Crippen LogP contribution in [0.3, 0.4) is 0 Å². The predicted octanol–water partition coefficient (Wildman–Crippen LogP) is 7.65. The molecular formula is C34H30OSi. The molecule has 1 aliphatic rings. The van der Waals surface area contributed by atoms with Crippen molar-refractivity contribution in [1.82, 2.24) is 0 Å². The van der Waals surface area contributed by atoms with Crippen molar-refractivity contribution < 1.29 is 4.43 Å². The summed E-state index contributed by atoms with van der Waals surface area (Å²) in [5.74, 6) is 0.996. The van der Waals surface area contributed by atoms with Crippen LogP contribution in [0.1, 0.15) is 37.5 Å². The molecule has 0 atom stereocenters. The summed E-state index contributed by atoms with van der Waals surface area (Å²) in [4.78, 5) is 0. The lowest BCUT2D eigenvalue weighted by molar-refractivity contribution is 0.475. The Balaban J connectivity index is 1.62. The first-order chi connectivity index (χ1) is 17.5. The van der Waals surface area contributed by atoms with Gasteiger partial charge in [-0.1, -0.05) is 136 Å². The molecule has 0 amide bonds. The van der Waals surface area contributed by atoms with Gasteiger partial charge in [-0.25, -0.2) is 0 Å². The monoisotopic (exact) mass is 482 g/mol. The average Bonchev–Trinajstić information content (AvgIpc) is 3.61. The van der Waals surface area contributed by atoms with E-state index in [4.69, 9.17) is 4.43 Å². The molecule has 0 aliphatic heterocycles. The molecule has 0 spiro atoms. The largest absolute Gasteiger partial charge is 0.533 e. The first-order valence-electron chi connectivity index (χ1n) is 12.6. The third-order valence-electron chi connectivity index (χ3n) is 7.30. The molecule has 5 aromatic carbocycles. The van der Waals surface area contributed by atoms with Crippen molar-refractivity contribution in [1.29, 1.82) is 0 Å². The minimum absolute atomic E-state index is 0.109. The van der Waals surface area contributed by atoms with Crippen molar-refractivity contribution in [3.05, 3.63) is 144 Å². The standard InChI is InChI=1S/C34H30OSi/c1-34(2,3)36(28-19-9-5-10-20-28,29-21-11-6-12-22-29)35-33(25-15-7-4-8-16-25)32-30-23-26-17-13-14-18-27(26)24-31(30)32/h4-24H,1-3H3. The summed E-state index contributed by atoms with van der Waals surface area (Å²) >= 11 is 0. The third kappa shape index (κ3) is 3.70. The zero-order chi connectivity index (χ0) is 24.8. The van der Waals surface area contributed by atoms with Crippen LogP contribution in [0, 0.1) is 0 Å². The van der Waals surface area contributed by atoms with Crippen molar-refractivity contribution in [3.8, 4) is 0 Å². The molecule has 36 heavy (non-hydrogen) atoms. The molecule has 1 aliphatic carbocycles. The zero-order valence-corrected chi connectivity index (χ0v) is 22.0. The topological polar surface area (TPSA) is 9.23 Å². The van der Waals surface area contributed by atoms with Gasteiger partial charge in [-0.3, -0.25) is 0 Å². The molecule has 1 nitrogen and oxygen atoms in total. The highest BCUT2D eigenvalue weighted by molar-refractivity contribution is 7.00. The predicted molar refractivity (Wildman–Crippen MR) is 155 cm³/mol. The summed E-state index contributed by atoms with van der Waals surface area (Å²) in [7, 11) is -2.77. The average molecular weight is 483 g/mol. The molecule has 0 saturated heterocycles. The summed E-state index contributed by atoms with van der Waals surface area (Å²) < 4.78 is 7.61. The Morgan fingerprint density at radius 2 is 0.972 bits per heavy atom. The SMILES string of the molecule is CC(C)(C)[Si](OC(=C1c2cc3ccccc3cc21)c1ccccc1)(c1ccccc1)c1ccccc1. The summed E-state index contributed by atoms with van der Waals surface area (Å²) in [5.41, 5.74) is 4.96. The minimum atomic E-state index is -2.77. The summed E-state index contributed by atoms with van der Waals surface area (Å²) in [6.07, 6.45) is 0. The minimum Gasteiger partial charge on any atom is -0.533 e. The Morgan fingerprint density at radius 1 is 0.556 bits per heavy atom. The van der Waals surface area contributed by atoms with Crippen molar-refractivity contribution in [2.24, 2.45) is 0 Å². The lowest BCUT2D eigenvalue weighted by Crippen LogP contribution is -2.66. The molecule has 5 aromatic rings. The molecule has 2 heteroatoms. The molecule has 176 valence electrons. The Bertz CT molecular complexity index is 1480. The Hall–Kier alpha value is -3.88. The van der Waals surface area contributed by atoms with E-state index in [-0.39, 0.29) is 5.04 Å². The van der Waals surface area contributed by atoms with Crippen LogP contribution >= 0.6 is 0 Å². The van der Waals surface area contributed by atoms with Gasteiger partial charge in [0, 0.05) is 11.1 Å². The molecule has 0 bridgehead atoms. The van der Waals surface area contributed by atoms with Crippen LogP contribution in [0.15, 0.2) is 127 Å². The molecule has 0 N–H and O–H groups in total.